The van der Waals surface area contributed by atoms with E-state index in [4.69, 9.17) is 10.7 Å². The monoisotopic (exact) mass is 337 g/mol. The van der Waals surface area contributed by atoms with Gasteiger partial charge in [0.2, 0.25) is 0 Å². The van der Waals surface area contributed by atoms with Gasteiger partial charge in [-0.3, -0.25) is 4.90 Å². The molecule has 1 saturated carbocycles. The van der Waals surface area contributed by atoms with Crippen LogP contribution >= 0.6 is 36.2 Å². The first kappa shape index (κ1) is 18.2. The molecule has 116 valence electrons. The van der Waals surface area contributed by atoms with Gasteiger partial charge < -0.3 is 5.73 Å². The van der Waals surface area contributed by atoms with Gasteiger partial charge >= 0.3 is 0 Å². The highest BCUT2D eigenvalue weighted by Gasteiger charge is 2.40. The fourth-order valence-corrected chi connectivity index (χ4v) is 3.94. The average molecular weight is 338 g/mol. The molecule has 0 unspecified atom stereocenters. The summed E-state index contributed by atoms with van der Waals surface area (Å²) in [5.74, 6) is 2.21. The summed E-state index contributed by atoms with van der Waals surface area (Å²) in [6, 6.07) is 0.391. The molecule has 2 atom stereocenters. The lowest BCUT2D eigenvalue weighted by molar-refractivity contribution is 0.309. The van der Waals surface area contributed by atoms with Crippen molar-refractivity contribution >= 4 is 36.2 Å². The normalized spacial score (nSPS) is 26.4. The standard InChI is InChI=1S/C14H23N3S.2ClH/c1-9(2)13-8-18-14(16-13)7-17-5-11(10-3-4-10)12(15)6-17;;/h8-12H,3-7,15H2,1-2H3;2*1H/t11-,12+;;/m1../s1. The summed E-state index contributed by atoms with van der Waals surface area (Å²) in [5, 5.41) is 3.45. The quantitative estimate of drug-likeness (QED) is 0.916. The zero-order chi connectivity index (χ0) is 12.7. The maximum absolute atomic E-state index is 6.26. The Morgan fingerprint density at radius 3 is 2.60 bits per heavy atom. The van der Waals surface area contributed by atoms with Crippen molar-refractivity contribution in [1.29, 1.82) is 0 Å². The highest BCUT2D eigenvalue weighted by Crippen LogP contribution is 2.41. The van der Waals surface area contributed by atoms with Gasteiger partial charge in [0.15, 0.2) is 0 Å². The predicted molar refractivity (Wildman–Crippen MR) is 90.2 cm³/mol. The van der Waals surface area contributed by atoms with Crippen LogP contribution in [0.5, 0.6) is 0 Å². The number of rotatable bonds is 4. The largest absolute Gasteiger partial charge is 0.326 e. The van der Waals surface area contributed by atoms with Crippen molar-refractivity contribution in [3.05, 3.63) is 16.1 Å². The average Bonchev–Trinajstić information content (AvgIpc) is 2.94. The van der Waals surface area contributed by atoms with Crippen molar-refractivity contribution < 1.29 is 0 Å². The van der Waals surface area contributed by atoms with Gasteiger partial charge in [-0.15, -0.1) is 36.2 Å². The molecule has 6 heteroatoms. The lowest BCUT2D eigenvalue weighted by atomic mass is 9.99. The zero-order valence-electron chi connectivity index (χ0n) is 12.1. The smallest absolute Gasteiger partial charge is 0.107 e. The Bertz CT molecular complexity index is 420. The number of aromatic nitrogens is 1. The van der Waals surface area contributed by atoms with Crippen LogP contribution in [0, 0.1) is 11.8 Å². The SMILES string of the molecule is CC(C)c1csc(CN2C[C@H](C3CC3)[C@@H](N)C2)n1.Cl.Cl. The third-order valence-electron chi connectivity index (χ3n) is 4.24. The summed E-state index contributed by atoms with van der Waals surface area (Å²) in [4.78, 5) is 7.22. The maximum Gasteiger partial charge on any atom is 0.107 e. The Labute approximate surface area is 138 Å². The second kappa shape index (κ2) is 7.41. The molecular formula is C14H25Cl2N3S. The molecule has 2 aliphatic rings. The summed E-state index contributed by atoms with van der Waals surface area (Å²) < 4.78 is 0. The van der Waals surface area contributed by atoms with Crippen LogP contribution in [0.3, 0.4) is 0 Å². The van der Waals surface area contributed by atoms with E-state index in [1.165, 1.54) is 30.1 Å². The van der Waals surface area contributed by atoms with E-state index < -0.39 is 0 Å². The van der Waals surface area contributed by atoms with Gasteiger partial charge in [-0.1, -0.05) is 13.8 Å². The van der Waals surface area contributed by atoms with Gasteiger partial charge in [-0.25, -0.2) is 4.98 Å². The lowest BCUT2D eigenvalue weighted by Crippen LogP contribution is -2.30. The first-order chi connectivity index (χ1) is 8.63. The van der Waals surface area contributed by atoms with Gasteiger partial charge in [-0.05, 0) is 30.6 Å². The number of nitrogens with two attached hydrogens (primary N) is 1. The lowest BCUT2D eigenvalue weighted by Gasteiger charge is -2.13. The summed E-state index contributed by atoms with van der Waals surface area (Å²) >= 11 is 1.80. The fourth-order valence-electron chi connectivity index (χ4n) is 2.95. The second-order valence-corrected chi connectivity index (χ2v) is 7.12. The van der Waals surface area contributed by atoms with Crippen molar-refractivity contribution in [3.63, 3.8) is 0 Å². The molecule has 2 N–H and O–H groups in total. The van der Waals surface area contributed by atoms with Crippen LogP contribution in [0.1, 0.15) is 43.3 Å². The Kier molecular flexibility index (Phi) is 6.74. The second-order valence-electron chi connectivity index (χ2n) is 6.18. The number of nitrogens with zero attached hydrogens (tertiary/aromatic N) is 2. The molecule has 0 bridgehead atoms. The van der Waals surface area contributed by atoms with E-state index in [0.29, 0.717) is 12.0 Å². The first-order valence-corrected chi connectivity index (χ1v) is 7.93. The predicted octanol–water partition coefficient (Wildman–Crippen LogP) is 3.28. The first-order valence-electron chi connectivity index (χ1n) is 7.05. The van der Waals surface area contributed by atoms with E-state index in [1.54, 1.807) is 11.3 Å². The number of halogens is 2. The molecule has 2 fully saturated rings. The molecule has 1 aliphatic carbocycles. The fraction of sp³-hybridized carbons (Fsp3) is 0.786. The van der Waals surface area contributed by atoms with E-state index in [2.05, 4.69) is 24.1 Å². The molecule has 0 spiro atoms. The van der Waals surface area contributed by atoms with Crippen LogP contribution < -0.4 is 5.73 Å². The molecule has 0 radical (unpaired) electrons. The molecule has 0 aromatic carbocycles. The van der Waals surface area contributed by atoms with Crippen molar-refractivity contribution in [2.45, 2.75) is 45.2 Å². The van der Waals surface area contributed by atoms with Crippen molar-refractivity contribution in [2.24, 2.45) is 17.6 Å². The maximum atomic E-state index is 6.26. The molecule has 1 aromatic heterocycles. The van der Waals surface area contributed by atoms with Crippen LogP contribution in [0.25, 0.3) is 0 Å². The Balaban J connectivity index is 0.000001000. The Morgan fingerprint density at radius 2 is 2.05 bits per heavy atom. The number of thiazole rings is 1. The highest BCUT2D eigenvalue weighted by molar-refractivity contribution is 7.09. The molecular weight excluding hydrogens is 313 g/mol. The molecule has 1 aromatic rings. The van der Waals surface area contributed by atoms with Gasteiger partial charge in [0.1, 0.15) is 5.01 Å². The van der Waals surface area contributed by atoms with Crippen LogP contribution in [0.15, 0.2) is 5.38 Å². The minimum absolute atomic E-state index is 0. The van der Waals surface area contributed by atoms with Gasteiger partial charge in [-0.2, -0.15) is 0 Å². The van der Waals surface area contributed by atoms with Crippen molar-refractivity contribution in [2.75, 3.05) is 13.1 Å². The molecule has 0 amide bonds. The van der Waals surface area contributed by atoms with Crippen LogP contribution in [-0.2, 0) is 6.54 Å². The van der Waals surface area contributed by atoms with E-state index in [0.717, 1.165) is 24.9 Å². The molecule has 20 heavy (non-hydrogen) atoms. The van der Waals surface area contributed by atoms with Gasteiger partial charge in [0.25, 0.3) is 0 Å². The number of hydrogen-bond donors (Lipinski definition) is 1. The third-order valence-corrected chi connectivity index (χ3v) is 5.09. The van der Waals surface area contributed by atoms with Crippen LogP contribution in [0.4, 0.5) is 0 Å². The molecule has 2 heterocycles. The number of likely N-dealkylation sites (tertiary alicyclic amines) is 1. The summed E-state index contributed by atoms with van der Waals surface area (Å²) in [6.07, 6.45) is 2.81. The topological polar surface area (TPSA) is 42.1 Å². The minimum Gasteiger partial charge on any atom is -0.326 e. The van der Waals surface area contributed by atoms with Crippen LogP contribution in [-0.4, -0.2) is 29.0 Å². The van der Waals surface area contributed by atoms with Gasteiger partial charge in [0, 0.05) is 24.5 Å². The van der Waals surface area contributed by atoms with Crippen molar-refractivity contribution in [1.82, 2.24) is 9.88 Å². The van der Waals surface area contributed by atoms with E-state index in [-0.39, 0.29) is 24.8 Å². The highest BCUT2D eigenvalue weighted by atomic mass is 35.5. The number of hydrogen-bond acceptors (Lipinski definition) is 4. The summed E-state index contributed by atoms with van der Waals surface area (Å²) in [6.45, 7) is 7.63. The van der Waals surface area contributed by atoms with Gasteiger partial charge in [0.05, 0.1) is 12.2 Å². The molecule has 1 saturated heterocycles. The van der Waals surface area contributed by atoms with E-state index in [1.807, 2.05) is 0 Å². The molecule has 1 aliphatic heterocycles. The van der Waals surface area contributed by atoms with E-state index >= 15 is 0 Å². The van der Waals surface area contributed by atoms with Crippen LogP contribution in [0.2, 0.25) is 0 Å². The van der Waals surface area contributed by atoms with Crippen molar-refractivity contribution in [3.8, 4) is 0 Å². The summed E-state index contributed by atoms with van der Waals surface area (Å²) in [7, 11) is 0. The minimum atomic E-state index is 0. The Hall–Kier alpha value is 0.130. The molecule has 3 rings (SSSR count). The zero-order valence-corrected chi connectivity index (χ0v) is 14.6. The third kappa shape index (κ3) is 4.08. The van der Waals surface area contributed by atoms with E-state index in [9.17, 15) is 0 Å². The summed E-state index contributed by atoms with van der Waals surface area (Å²) in [5.41, 5.74) is 7.49. The Morgan fingerprint density at radius 1 is 1.35 bits per heavy atom. The molecule has 3 nitrogen and oxygen atoms in total.